The number of nitrogens with zero attached hydrogens (tertiary/aromatic N) is 1. The SMILES string of the molecule is N#CCCCCCCOC(=O)CCSc1ccccc1. The Bertz CT molecular complexity index is 414. The van der Waals surface area contributed by atoms with Crippen LogP contribution in [0.2, 0.25) is 0 Å². The molecule has 1 rings (SSSR count). The highest BCUT2D eigenvalue weighted by Crippen LogP contribution is 2.17. The molecule has 1 aromatic carbocycles. The molecule has 4 heteroatoms. The summed E-state index contributed by atoms with van der Waals surface area (Å²) in [4.78, 5) is 12.7. The van der Waals surface area contributed by atoms with Crippen LogP contribution in [-0.4, -0.2) is 18.3 Å². The molecule has 0 saturated carbocycles. The summed E-state index contributed by atoms with van der Waals surface area (Å²) >= 11 is 1.67. The predicted octanol–water partition coefficient (Wildman–Crippen LogP) is 4.19. The lowest BCUT2D eigenvalue weighted by atomic mass is 10.2. The third kappa shape index (κ3) is 8.60. The summed E-state index contributed by atoms with van der Waals surface area (Å²) < 4.78 is 5.17. The summed E-state index contributed by atoms with van der Waals surface area (Å²) in [6, 6.07) is 12.2. The summed E-state index contributed by atoms with van der Waals surface area (Å²) in [5, 5.41) is 8.39. The monoisotopic (exact) mass is 291 g/mol. The minimum Gasteiger partial charge on any atom is -0.466 e. The fourth-order valence-electron chi connectivity index (χ4n) is 1.69. The van der Waals surface area contributed by atoms with Crippen LogP contribution in [0.4, 0.5) is 0 Å². The Kier molecular flexibility index (Phi) is 9.42. The molecule has 3 nitrogen and oxygen atoms in total. The molecule has 108 valence electrons. The van der Waals surface area contributed by atoms with Crippen molar-refractivity contribution in [2.45, 2.75) is 43.4 Å². The molecule has 0 unspecified atom stereocenters. The van der Waals surface area contributed by atoms with Crippen molar-refractivity contribution in [3.63, 3.8) is 0 Å². The molecule has 1 aromatic rings. The van der Waals surface area contributed by atoms with E-state index in [9.17, 15) is 4.79 Å². The topological polar surface area (TPSA) is 50.1 Å². The van der Waals surface area contributed by atoms with Gasteiger partial charge in [0.1, 0.15) is 0 Å². The number of unbranched alkanes of at least 4 members (excludes halogenated alkanes) is 4. The number of thioether (sulfide) groups is 1. The summed E-state index contributed by atoms with van der Waals surface area (Å²) in [6.07, 6.45) is 4.97. The van der Waals surface area contributed by atoms with Gasteiger partial charge in [-0.1, -0.05) is 31.0 Å². The molecule has 0 spiro atoms. The van der Waals surface area contributed by atoms with E-state index in [1.165, 1.54) is 4.90 Å². The van der Waals surface area contributed by atoms with Crippen molar-refractivity contribution in [3.8, 4) is 6.07 Å². The molecular formula is C16H21NO2S. The lowest BCUT2D eigenvalue weighted by molar-refractivity contribution is -0.143. The van der Waals surface area contributed by atoms with E-state index in [1.807, 2.05) is 30.3 Å². The molecule has 20 heavy (non-hydrogen) atoms. The van der Waals surface area contributed by atoms with Crippen molar-refractivity contribution in [1.82, 2.24) is 0 Å². The summed E-state index contributed by atoms with van der Waals surface area (Å²) in [7, 11) is 0. The number of ether oxygens (including phenoxy) is 1. The van der Waals surface area contributed by atoms with E-state index < -0.39 is 0 Å². The Morgan fingerprint density at radius 2 is 1.90 bits per heavy atom. The van der Waals surface area contributed by atoms with Gasteiger partial charge >= 0.3 is 5.97 Å². The normalized spacial score (nSPS) is 9.95. The Morgan fingerprint density at radius 1 is 1.15 bits per heavy atom. The predicted molar refractivity (Wildman–Crippen MR) is 81.4 cm³/mol. The van der Waals surface area contributed by atoms with Crippen LogP contribution in [0.5, 0.6) is 0 Å². The van der Waals surface area contributed by atoms with Gasteiger partial charge in [0, 0.05) is 17.1 Å². The second-order valence-corrected chi connectivity index (χ2v) is 5.62. The number of nitriles is 1. The van der Waals surface area contributed by atoms with E-state index in [2.05, 4.69) is 6.07 Å². The fraction of sp³-hybridized carbons (Fsp3) is 0.500. The van der Waals surface area contributed by atoms with E-state index >= 15 is 0 Å². The van der Waals surface area contributed by atoms with Crippen LogP contribution in [0.1, 0.15) is 38.5 Å². The molecule has 0 radical (unpaired) electrons. The van der Waals surface area contributed by atoms with Gasteiger partial charge in [-0.25, -0.2) is 0 Å². The first-order valence-electron chi connectivity index (χ1n) is 7.03. The van der Waals surface area contributed by atoms with E-state index in [-0.39, 0.29) is 5.97 Å². The minimum absolute atomic E-state index is 0.120. The van der Waals surface area contributed by atoms with Gasteiger partial charge in [0.15, 0.2) is 0 Å². The van der Waals surface area contributed by atoms with Gasteiger partial charge in [-0.3, -0.25) is 4.79 Å². The van der Waals surface area contributed by atoms with Crippen molar-refractivity contribution in [1.29, 1.82) is 5.26 Å². The van der Waals surface area contributed by atoms with Crippen LogP contribution in [-0.2, 0) is 9.53 Å². The van der Waals surface area contributed by atoms with Crippen LogP contribution in [0.15, 0.2) is 35.2 Å². The lowest BCUT2D eigenvalue weighted by Gasteiger charge is -2.04. The second kappa shape index (κ2) is 11.4. The van der Waals surface area contributed by atoms with Crippen LogP contribution in [0.25, 0.3) is 0 Å². The Labute approximate surface area is 125 Å². The summed E-state index contributed by atoms with van der Waals surface area (Å²) in [5.74, 6) is 0.635. The molecule has 0 aliphatic carbocycles. The zero-order valence-electron chi connectivity index (χ0n) is 11.7. The Morgan fingerprint density at radius 3 is 2.65 bits per heavy atom. The molecule has 0 saturated heterocycles. The molecule has 0 aliphatic rings. The molecule has 0 aliphatic heterocycles. The Balaban J connectivity index is 1.94. The third-order valence-electron chi connectivity index (χ3n) is 2.76. The molecule has 0 atom stereocenters. The highest BCUT2D eigenvalue weighted by atomic mass is 32.2. The maximum atomic E-state index is 11.5. The first kappa shape index (κ1) is 16.6. The summed E-state index contributed by atoms with van der Waals surface area (Å²) in [6.45, 7) is 0.501. The molecule has 0 N–H and O–H groups in total. The molecule has 0 bridgehead atoms. The molecule has 0 amide bonds. The molecule has 0 aromatic heterocycles. The van der Waals surface area contributed by atoms with Crippen molar-refractivity contribution in [2.24, 2.45) is 0 Å². The van der Waals surface area contributed by atoms with E-state index in [0.717, 1.165) is 31.4 Å². The maximum absolute atomic E-state index is 11.5. The van der Waals surface area contributed by atoms with Crippen LogP contribution in [0, 0.1) is 11.3 Å². The lowest BCUT2D eigenvalue weighted by Crippen LogP contribution is -2.06. The van der Waals surface area contributed by atoms with Crippen molar-refractivity contribution < 1.29 is 9.53 Å². The number of benzene rings is 1. The van der Waals surface area contributed by atoms with Crippen LogP contribution >= 0.6 is 11.8 Å². The van der Waals surface area contributed by atoms with Crippen LogP contribution < -0.4 is 0 Å². The number of rotatable bonds is 10. The quantitative estimate of drug-likeness (QED) is 0.368. The zero-order chi connectivity index (χ0) is 14.5. The van der Waals surface area contributed by atoms with Gasteiger partial charge in [0.25, 0.3) is 0 Å². The van der Waals surface area contributed by atoms with Gasteiger partial charge in [-0.15, -0.1) is 11.8 Å². The second-order valence-electron chi connectivity index (χ2n) is 4.45. The highest BCUT2D eigenvalue weighted by Gasteiger charge is 2.03. The first-order chi connectivity index (χ1) is 9.83. The van der Waals surface area contributed by atoms with E-state index in [0.29, 0.717) is 19.4 Å². The maximum Gasteiger partial charge on any atom is 0.306 e. The number of hydrogen-bond acceptors (Lipinski definition) is 4. The van der Waals surface area contributed by atoms with E-state index in [1.54, 1.807) is 11.8 Å². The van der Waals surface area contributed by atoms with Crippen molar-refractivity contribution in [3.05, 3.63) is 30.3 Å². The van der Waals surface area contributed by atoms with Gasteiger partial charge in [-0.2, -0.15) is 5.26 Å². The zero-order valence-corrected chi connectivity index (χ0v) is 12.5. The van der Waals surface area contributed by atoms with E-state index in [4.69, 9.17) is 10.00 Å². The van der Waals surface area contributed by atoms with Gasteiger partial charge in [0.2, 0.25) is 0 Å². The fourth-order valence-corrected chi connectivity index (χ4v) is 2.54. The highest BCUT2D eigenvalue weighted by molar-refractivity contribution is 7.99. The minimum atomic E-state index is -0.120. The summed E-state index contributed by atoms with van der Waals surface area (Å²) in [5.41, 5.74) is 0. The molecule has 0 heterocycles. The van der Waals surface area contributed by atoms with Gasteiger partial charge in [-0.05, 0) is 25.0 Å². The van der Waals surface area contributed by atoms with Gasteiger partial charge < -0.3 is 4.74 Å². The standard InChI is InChI=1S/C16H21NO2S/c17-12-7-2-1-3-8-13-19-16(18)11-14-20-15-9-5-4-6-10-15/h4-6,9-10H,1-3,7-8,11,13-14H2. The van der Waals surface area contributed by atoms with Crippen molar-refractivity contribution in [2.75, 3.05) is 12.4 Å². The van der Waals surface area contributed by atoms with Crippen molar-refractivity contribution >= 4 is 17.7 Å². The van der Waals surface area contributed by atoms with Crippen LogP contribution in [0.3, 0.4) is 0 Å². The first-order valence-corrected chi connectivity index (χ1v) is 8.02. The number of carbonyl (C=O) groups excluding carboxylic acids is 1. The van der Waals surface area contributed by atoms with Gasteiger partial charge in [0.05, 0.1) is 19.1 Å². The Hall–Kier alpha value is -1.47. The largest absolute Gasteiger partial charge is 0.466 e. The third-order valence-corrected chi connectivity index (χ3v) is 3.78. The molecule has 0 fully saturated rings. The number of esters is 1. The number of hydrogen-bond donors (Lipinski definition) is 0. The number of carbonyl (C=O) groups is 1. The smallest absolute Gasteiger partial charge is 0.306 e. The average molecular weight is 291 g/mol. The molecular weight excluding hydrogens is 270 g/mol. The average Bonchev–Trinajstić information content (AvgIpc) is 2.47.